The average molecular weight is 296 g/mol. The summed E-state index contributed by atoms with van der Waals surface area (Å²) < 4.78 is 5.46. The number of aliphatic hydroxyl groups excluding tert-OH is 1. The van der Waals surface area contributed by atoms with E-state index < -0.39 is 0 Å². The fraction of sp³-hybridized carbons (Fsp3) is 0.176. The van der Waals surface area contributed by atoms with Crippen molar-refractivity contribution < 1.29 is 9.84 Å². The summed E-state index contributed by atoms with van der Waals surface area (Å²) in [6.07, 6.45) is 0. The number of fused-ring (bicyclic) bond motifs is 1. The van der Waals surface area contributed by atoms with Crippen molar-refractivity contribution in [3.8, 4) is 17.1 Å². The number of benzene rings is 2. The summed E-state index contributed by atoms with van der Waals surface area (Å²) in [5, 5.41) is 10.0. The summed E-state index contributed by atoms with van der Waals surface area (Å²) in [7, 11) is 0. The zero-order valence-corrected chi connectivity index (χ0v) is 12.2. The minimum absolute atomic E-state index is 0.138. The molecule has 2 aromatic carbocycles. The number of H-pyrrole nitrogens is 1. The highest BCUT2D eigenvalue weighted by atomic mass is 16.5. The first-order valence-corrected chi connectivity index (χ1v) is 7.09. The van der Waals surface area contributed by atoms with Crippen LogP contribution in [-0.4, -0.2) is 21.7 Å². The van der Waals surface area contributed by atoms with Gasteiger partial charge in [0.25, 0.3) is 5.56 Å². The Morgan fingerprint density at radius 3 is 2.82 bits per heavy atom. The number of para-hydroxylation sites is 1. The van der Waals surface area contributed by atoms with Crippen molar-refractivity contribution in [2.24, 2.45) is 0 Å². The summed E-state index contributed by atoms with van der Waals surface area (Å²) >= 11 is 0. The molecule has 0 unspecified atom stereocenters. The lowest BCUT2D eigenvalue weighted by molar-refractivity contribution is 0.267. The van der Waals surface area contributed by atoms with E-state index in [0.717, 1.165) is 5.56 Å². The lowest BCUT2D eigenvalue weighted by Crippen LogP contribution is -2.09. The number of hydrogen-bond donors (Lipinski definition) is 2. The van der Waals surface area contributed by atoms with Crippen LogP contribution in [0.4, 0.5) is 0 Å². The first-order chi connectivity index (χ1) is 10.7. The molecule has 5 heteroatoms. The van der Waals surface area contributed by atoms with Crippen LogP contribution in [0.2, 0.25) is 0 Å². The smallest absolute Gasteiger partial charge is 0.259 e. The fourth-order valence-corrected chi connectivity index (χ4v) is 2.37. The maximum absolute atomic E-state index is 12.1. The lowest BCUT2D eigenvalue weighted by atomic mass is 10.1. The SMILES string of the molecule is CCOc1ccc(-c2nc3ccccc3c(=O)[nH]2)cc1CO. The molecule has 0 spiro atoms. The van der Waals surface area contributed by atoms with E-state index >= 15 is 0 Å². The van der Waals surface area contributed by atoms with Crippen LogP contribution in [0.3, 0.4) is 0 Å². The lowest BCUT2D eigenvalue weighted by Gasteiger charge is -2.10. The Hall–Kier alpha value is -2.66. The minimum Gasteiger partial charge on any atom is -0.494 e. The van der Waals surface area contributed by atoms with Gasteiger partial charge in [-0.3, -0.25) is 4.79 Å². The first kappa shape index (κ1) is 14.3. The van der Waals surface area contributed by atoms with Gasteiger partial charge in [-0.15, -0.1) is 0 Å². The van der Waals surface area contributed by atoms with E-state index in [9.17, 15) is 9.90 Å². The Kier molecular flexibility index (Phi) is 3.89. The second-order valence-electron chi connectivity index (χ2n) is 4.85. The van der Waals surface area contributed by atoms with Gasteiger partial charge in [0.1, 0.15) is 11.6 Å². The summed E-state index contributed by atoms with van der Waals surface area (Å²) in [5.74, 6) is 1.11. The van der Waals surface area contributed by atoms with Gasteiger partial charge in [-0.25, -0.2) is 4.98 Å². The van der Waals surface area contributed by atoms with Gasteiger partial charge in [0.2, 0.25) is 0 Å². The minimum atomic E-state index is -0.181. The van der Waals surface area contributed by atoms with Crippen molar-refractivity contribution in [2.45, 2.75) is 13.5 Å². The third-order valence-corrected chi connectivity index (χ3v) is 3.42. The van der Waals surface area contributed by atoms with Gasteiger partial charge in [0.15, 0.2) is 0 Å². The first-order valence-electron chi connectivity index (χ1n) is 7.09. The number of aromatic nitrogens is 2. The van der Waals surface area contributed by atoms with Crippen molar-refractivity contribution in [3.63, 3.8) is 0 Å². The molecule has 0 aliphatic carbocycles. The standard InChI is InChI=1S/C17H16N2O3/c1-2-22-15-8-7-11(9-12(15)10-20)16-18-14-6-4-3-5-13(14)17(21)19-16/h3-9,20H,2,10H2,1H3,(H,18,19,21). The highest BCUT2D eigenvalue weighted by molar-refractivity contribution is 5.79. The Morgan fingerprint density at radius 1 is 1.23 bits per heavy atom. The molecule has 5 nitrogen and oxygen atoms in total. The molecule has 0 saturated heterocycles. The molecule has 22 heavy (non-hydrogen) atoms. The molecule has 1 aromatic heterocycles. The van der Waals surface area contributed by atoms with Gasteiger partial charge in [-0.1, -0.05) is 12.1 Å². The normalized spacial score (nSPS) is 10.8. The van der Waals surface area contributed by atoms with E-state index in [0.29, 0.717) is 34.6 Å². The maximum atomic E-state index is 12.1. The number of hydrogen-bond acceptors (Lipinski definition) is 4. The molecule has 0 aliphatic heterocycles. The number of aliphatic hydroxyl groups is 1. The predicted molar refractivity (Wildman–Crippen MR) is 84.9 cm³/mol. The summed E-state index contributed by atoms with van der Waals surface area (Å²) in [5.41, 5.74) is 1.85. The van der Waals surface area contributed by atoms with Crippen LogP contribution in [0, 0.1) is 0 Å². The maximum Gasteiger partial charge on any atom is 0.259 e. The van der Waals surface area contributed by atoms with Gasteiger partial charge in [0, 0.05) is 11.1 Å². The highest BCUT2D eigenvalue weighted by Gasteiger charge is 2.09. The molecule has 112 valence electrons. The molecule has 0 amide bonds. The number of nitrogens with zero attached hydrogens (tertiary/aromatic N) is 1. The van der Waals surface area contributed by atoms with Gasteiger partial charge >= 0.3 is 0 Å². The monoisotopic (exact) mass is 296 g/mol. The molecule has 0 atom stereocenters. The molecule has 3 rings (SSSR count). The summed E-state index contributed by atoms with van der Waals surface area (Å²) in [4.78, 5) is 19.4. The van der Waals surface area contributed by atoms with Crippen molar-refractivity contribution >= 4 is 10.9 Å². The van der Waals surface area contributed by atoms with Gasteiger partial charge in [-0.2, -0.15) is 0 Å². The molecule has 0 aliphatic rings. The summed E-state index contributed by atoms with van der Waals surface area (Å²) in [6.45, 7) is 2.27. The number of nitrogens with one attached hydrogen (secondary N) is 1. The third-order valence-electron chi connectivity index (χ3n) is 3.42. The van der Waals surface area contributed by atoms with Gasteiger partial charge in [-0.05, 0) is 37.3 Å². The zero-order valence-electron chi connectivity index (χ0n) is 12.2. The van der Waals surface area contributed by atoms with Crippen LogP contribution < -0.4 is 10.3 Å². The molecule has 0 radical (unpaired) electrons. The van der Waals surface area contributed by atoms with E-state index in [4.69, 9.17) is 4.74 Å². The van der Waals surface area contributed by atoms with E-state index in [1.165, 1.54) is 0 Å². The highest BCUT2D eigenvalue weighted by Crippen LogP contribution is 2.25. The molecule has 2 N–H and O–H groups in total. The Bertz CT molecular complexity index is 871. The number of rotatable bonds is 4. The summed E-state index contributed by atoms with van der Waals surface area (Å²) in [6, 6.07) is 12.6. The van der Waals surface area contributed by atoms with Crippen LogP contribution in [-0.2, 0) is 6.61 Å². The molecule has 0 fully saturated rings. The molecular formula is C17H16N2O3. The fourth-order valence-electron chi connectivity index (χ4n) is 2.37. The number of ether oxygens (including phenoxy) is 1. The van der Waals surface area contributed by atoms with Gasteiger partial charge in [0.05, 0.1) is 24.1 Å². The molecule has 0 saturated carbocycles. The third kappa shape index (κ3) is 2.58. The van der Waals surface area contributed by atoms with Crippen LogP contribution in [0.15, 0.2) is 47.3 Å². The van der Waals surface area contributed by atoms with Crippen molar-refractivity contribution in [1.82, 2.24) is 9.97 Å². The molecular weight excluding hydrogens is 280 g/mol. The predicted octanol–water partition coefficient (Wildman–Crippen LogP) is 2.48. The van der Waals surface area contributed by atoms with E-state index in [1.807, 2.05) is 19.1 Å². The van der Waals surface area contributed by atoms with E-state index in [-0.39, 0.29) is 12.2 Å². The van der Waals surface area contributed by atoms with Crippen LogP contribution in [0.5, 0.6) is 5.75 Å². The largest absolute Gasteiger partial charge is 0.494 e. The van der Waals surface area contributed by atoms with Crippen molar-refractivity contribution in [3.05, 3.63) is 58.4 Å². The second kappa shape index (κ2) is 5.99. The number of aromatic amines is 1. The van der Waals surface area contributed by atoms with Crippen LogP contribution in [0.25, 0.3) is 22.3 Å². The second-order valence-corrected chi connectivity index (χ2v) is 4.85. The van der Waals surface area contributed by atoms with E-state index in [1.54, 1.807) is 30.3 Å². The molecule has 3 aromatic rings. The van der Waals surface area contributed by atoms with Crippen LogP contribution >= 0.6 is 0 Å². The Labute approximate surface area is 127 Å². The van der Waals surface area contributed by atoms with E-state index in [2.05, 4.69) is 9.97 Å². The van der Waals surface area contributed by atoms with Crippen molar-refractivity contribution in [1.29, 1.82) is 0 Å². The van der Waals surface area contributed by atoms with Gasteiger partial charge < -0.3 is 14.8 Å². The Morgan fingerprint density at radius 2 is 2.05 bits per heavy atom. The Balaban J connectivity index is 2.13. The molecule has 0 bridgehead atoms. The van der Waals surface area contributed by atoms with Crippen LogP contribution in [0.1, 0.15) is 12.5 Å². The quantitative estimate of drug-likeness (QED) is 0.775. The average Bonchev–Trinajstić information content (AvgIpc) is 2.55. The zero-order chi connectivity index (χ0) is 15.5. The topological polar surface area (TPSA) is 75.2 Å². The van der Waals surface area contributed by atoms with Crippen molar-refractivity contribution in [2.75, 3.05) is 6.61 Å². The molecule has 1 heterocycles.